The van der Waals surface area contributed by atoms with Gasteiger partial charge in [0.1, 0.15) is 5.76 Å². The number of carbonyl (C=O) groups excluding carboxylic acids is 4. The molecule has 9 nitrogen and oxygen atoms in total. The van der Waals surface area contributed by atoms with Crippen LogP contribution >= 0.6 is 0 Å². The van der Waals surface area contributed by atoms with Crippen molar-refractivity contribution in [2.75, 3.05) is 6.54 Å². The van der Waals surface area contributed by atoms with Gasteiger partial charge in [0.2, 0.25) is 5.91 Å². The lowest BCUT2D eigenvalue weighted by molar-refractivity contribution is -0.162. The summed E-state index contributed by atoms with van der Waals surface area (Å²) in [5.41, 5.74) is 4.91. The molecule has 2 atom stereocenters. The molecule has 1 aromatic rings. The number of primary amides is 1. The van der Waals surface area contributed by atoms with Gasteiger partial charge < -0.3 is 19.8 Å². The molecule has 0 saturated carbocycles. The Kier molecular flexibility index (Phi) is 5.79. The van der Waals surface area contributed by atoms with Gasteiger partial charge in [-0.2, -0.15) is 0 Å². The maximum atomic E-state index is 12.3. The van der Waals surface area contributed by atoms with E-state index in [-0.39, 0.29) is 31.3 Å². The normalized spacial score (nSPS) is 18.3. The third-order valence-electron chi connectivity index (χ3n) is 3.83. The molecule has 4 amide bonds. The lowest BCUT2D eigenvalue weighted by atomic mass is 10.1. The predicted molar refractivity (Wildman–Crippen MR) is 84.7 cm³/mol. The smallest absolute Gasteiger partial charge is 0.318 e. The molecule has 1 aliphatic heterocycles. The lowest BCUT2D eigenvalue weighted by Crippen LogP contribution is -2.46. The number of furan rings is 1. The first kappa shape index (κ1) is 18.5. The van der Waals surface area contributed by atoms with Crippen LogP contribution in [-0.2, 0) is 25.7 Å². The second-order valence-electron chi connectivity index (χ2n) is 6.21. The summed E-state index contributed by atoms with van der Waals surface area (Å²) in [6, 6.07) is 2.43. The summed E-state index contributed by atoms with van der Waals surface area (Å²) in [6.07, 6.45) is 0.350. The lowest BCUT2D eigenvalue weighted by Gasteiger charge is -2.21. The second-order valence-corrected chi connectivity index (χ2v) is 6.21. The minimum atomic E-state index is -1.16. The van der Waals surface area contributed by atoms with E-state index >= 15 is 0 Å². The number of rotatable bonds is 6. The Hall–Kier alpha value is -2.84. The van der Waals surface area contributed by atoms with Gasteiger partial charge in [0.05, 0.1) is 18.7 Å². The van der Waals surface area contributed by atoms with E-state index in [2.05, 4.69) is 0 Å². The average Bonchev–Trinajstić information content (AvgIpc) is 3.14. The zero-order valence-electron chi connectivity index (χ0n) is 14.1. The maximum Gasteiger partial charge on any atom is 0.318 e. The van der Waals surface area contributed by atoms with Crippen molar-refractivity contribution in [1.82, 2.24) is 10.2 Å². The Bertz CT molecular complexity index is 655. The summed E-state index contributed by atoms with van der Waals surface area (Å²) in [5, 5.41) is 1.90. The average molecular weight is 351 g/mol. The van der Waals surface area contributed by atoms with Crippen LogP contribution in [0.1, 0.15) is 26.0 Å². The Morgan fingerprint density at radius 1 is 1.44 bits per heavy atom. The highest BCUT2D eigenvalue weighted by Gasteiger charge is 2.38. The molecule has 0 aliphatic carbocycles. The van der Waals surface area contributed by atoms with Crippen LogP contribution in [0, 0.1) is 11.8 Å². The van der Waals surface area contributed by atoms with E-state index in [4.69, 9.17) is 14.9 Å². The van der Waals surface area contributed by atoms with Crippen LogP contribution in [0.3, 0.4) is 0 Å². The first-order valence-corrected chi connectivity index (χ1v) is 7.89. The van der Waals surface area contributed by atoms with E-state index in [0.29, 0.717) is 5.76 Å². The van der Waals surface area contributed by atoms with Crippen molar-refractivity contribution < 1.29 is 28.3 Å². The number of nitrogens with zero attached hydrogens (tertiary/aromatic N) is 1. The fourth-order valence-corrected chi connectivity index (χ4v) is 2.58. The minimum Gasteiger partial charge on any atom is -0.467 e. The van der Waals surface area contributed by atoms with E-state index < -0.39 is 29.9 Å². The molecular formula is C16H21N3O6. The topological polar surface area (TPSA) is 132 Å². The zero-order valence-corrected chi connectivity index (χ0v) is 14.1. The number of esters is 1. The summed E-state index contributed by atoms with van der Waals surface area (Å²) >= 11 is 0. The minimum absolute atomic E-state index is 0.00178. The molecule has 1 aromatic heterocycles. The van der Waals surface area contributed by atoms with Gasteiger partial charge in [-0.05, 0) is 18.1 Å². The van der Waals surface area contributed by atoms with Gasteiger partial charge in [-0.1, -0.05) is 13.8 Å². The third-order valence-corrected chi connectivity index (χ3v) is 3.83. The second kappa shape index (κ2) is 7.82. The molecule has 3 N–H and O–H groups in total. The zero-order chi connectivity index (χ0) is 18.6. The number of nitrogens with two attached hydrogens (primary N) is 1. The van der Waals surface area contributed by atoms with Crippen molar-refractivity contribution in [3.05, 3.63) is 24.2 Å². The van der Waals surface area contributed by atoms with Gasteiger partial charge in [-0.15, -0.1) is 0 Å². The number of hydrogen-bond donors (Lipinski definition) is 2. The number of nitrogens with one attached hydrogen (secondary N) is 1. The number of amides is 4. The van der Waals surface area contributed by atoms with Crippen molar-refractivity contribution in [1.29, 1.82) is 0 Å². The molecule has 2 heterocycles. The number of carbonyl (C=O) groups is 4. The van der Waals surface area contributed by atoms with E-state index in [0.717, 1.165) is 0 Å². The first-order valence-electron chi connectivity index (χ1n) is 7.89. The Labute approximate surface area is 144 Å². The largest absolute Gasteiger partial charge is 0.467 e. The number of imide groups is 1. The highest BCUT2D eigenvalue weighted by molar-refractivity contribution is 5.97. The van der Waals surface area contributed by atoms with Crippen LogP contribution in [0.25, 0.3) is 0 Å². The van der Waals surface area contributed by atoms with Crippen molar-refractivity contribution in [3.63, 3.8) is 0 Å². The van der Waals surface area contributed by atoms with Crippen molar-refractivity contribution in [3.8, 4) is 0 Å². The van der Waals surface area contributed by atoms with E-state index in [1.165, 1.54) is 11.2 Å². The summed E-state index contributed by atoms with van der Waals surface area (Å²) in [7, 11) is 0. The summed E-state index contributed by atoms with van der Waals surface area (Å²) in [6.45, 7) is 3.79. The van der Waals surface area contributed by atoms with Gasteiger partial charge in [-0.3, -0.25) is 19.7 Å². The highest BCUT2D eigenvalue weighted by atomic mass is 16.5. The maximum absolute atomic E-state index is 12.3. The molecule has 25 heavy (non-hydrogen) atoms. The van der Waals surface area contributed by atoms with E-state index in [9.17, 15) is 19.2 Å². The van der Waals surface area contributed by atoms with Gasteiger partial charge >= 0.3 is 12.0 Å². The number of hydrogen-bond acceptors (Lipinski definition) is 6. The molecule has 1 fully saturated rings. The molecule has 0 aromatic carbocycles. The first-order chi connectivity index (χ1) is 11.8. The molecular weight excluding hydrogens is 330 g/mol. The fraction of sp³-hybridized carbons (Fsp3) is 0.500. The van der Waals surface area contributed by atoms with Crippen LogP contribution in [0.2, 0.25) is 0 Å². The SMILES string of the molecule is CC(C)[C@@H](OC(=O)[C@@H]1CC(=O)N(Cc2ccco2)C1)C(=O)NC(N)=O. The molecule has 136 valence electrons. The molecule has 0 spiro atoms. The molecule has 1 aliphatic rings. The van der Waals surface area contributed by atoms with Crippen molar-refractivity contribution in [2.45, 2.75) is 32.9 Å². The number of ether oxygens (including phenoxy) is 1. The Morgan fingerprint density at radius 2 is 2.16 bits per heavy atom. The summed E-state index contributed by atoms with van der Waals surface area (Å²) < 4.78 is 10.4. The van der Waals surface area contributed by atoms with Gasteiger partial charge in [0, 0.05) is 13.0 Å². The van der Waals surface area contributed by atoms with E-state index in [1.807, 2.05) is 5.32 Å². The molecule has 0 radical (unpaired) electrons. The highest BCUT2D eigenvalue weighted by Crippen LogP contribution is 2.23. The fourth-order valence-electron chi connectivity index (χ4n) is 2.58. The standard InChI is InChI=1S/C16H21N3O6/c1-9(2)13(14(21)18-16(17)23)25-15(22)10-6-12(20)19(7-10)8-11-4-3-5-24-11/h3-5,9-10,13H,6-8H2,1-2H3,(H3,17,18,21,23)/t10-,13-/m1/s1. The molecule has 0 bridgehead atoms. The third kappa shape index (κ3) is 4.82. The van der Waals surface area contributed by atoms with Gasteiger partial charge in [0.15, 0.2) is 6.10 Å². The van der Waals surface area contributed by atoms with Crippen LogP contribution < -0.4 is 11.1 Å². The molecule has 2 rings (SSSR count). The van der Waals surface area contributed by atoms with Gasteiger partial charge in [0.25, 0.3) is 5.91 Å². The molecule has 0 unspecified atom stereocenters. The van der Waals surface area contributed by atoms with E-state index in [1.54, 1.807) is 26.0 Å². The quantitative estimate of drug-likeness (QED) is 0.713. The molecule has 9 heteroatoms. The van der Waals surface area contributed by atoms with Crippen molar-refractivity contribution >= 4 is 23.8 Å². The number of urea groups is 1. The Balaban J connectivity index is 1.96. The Morgan fingerprint density at radius 3 is 2.72 bits per heavy atom. The van der Waals surface area contributed by atoms with Crippen LogP contribution in [-0.4, -0.2) is 41.4 Å². The summed E-state index contributed by atoms with van der Waals surface area (Å²) in [5.74, 6) is -2.06. The van der Waals surface area contributed by atoms with Crippen LogP contribution in [0.5, 0.6) is 0 Å². The van der Waals surface area contributed by atoms with Crippen LogP contribution in [0.15, 0.2) is 22.8 Å². The van der Waals surface area contributed by atoms with Gasteiger partial charge in [-0.25, -0.2) is 4.79 Å². The predicted octanol–water partition coefficient (Wildman–Crippen LogP) is 0.391. The molecule has 1 saturated heterocycles. The van der Waals surface area contributed by atoms with Crippen molar-refractivity contribution in [2.24, 2.45) is 17.6 Å². The summed E-state index contributed by atoms with van der Waals surface area (Å²) in [4.78, 5) is 48.6. The monoisotopic (exact) mass is 351 g/mol. The number of likely N-dealkylation sites (tertiary alicyclic amines) is 1. The van der Waals surface area contributed by atoms with Crippen LogP contribution in [0.4, 0.5) is 4.79 Å².